The molecule has 1 aliphatic heterocycles. The summed E-state index contributed by atoms with van der Waals surface area (Å²) in [5, 5.41) is 3.84. The van der Waals surface area contributed by atoms with E-state index in [1.807, 2.05) is 18.2 Å². The van der Waals surface area contributed by atoms with E-state index in [-0.39, 0.29) is 30.4 Å². The van der Waals surface area contributed by atoms with Gasteiger partial charge in [-0.2, -0.15) is 8.78 Å². The zero-order valence-electron chi connectivity index (χ0n) is 21.9. The molecule has 0 fully saturated rings. The molecule has 4 heterocycles. The highest BCUT2D eigenvalue weighted by molar-refractivity contribution is 5.99. The molecule has 0 bridgehead atoms. The zero-order chi connectivity index (χ0) is 28.7. The van der Waals surface area contributed by atoms with Gasteiger partial charge in [-0.1, -0.05) is 23.4 Å². The fourth-order valence-corrected chi connectivity index (χ4v) is 5.12. The lowest BCUT2D eigenvalue weighted by Gasteiger charge is -2.14. The van der Waals surface area contributed by atoms with Crippen molar-refractivity contribution in [2.75, 3.05) is 7.11 Å². The van der Waals surface area contributed by atoms with Crippen LogP contribution in [0.15, 0.2) is 64.0 Å². The number of alkyl halides is 2. The van der Waals surface area contributed by atoms with Gasteiger partial charge < -0.3 is 18.6 Å². The van der Waals surface area contributed by atoms with Crippen molar-refractivity contribution in [3.8, 4) is 11.5 Å². The van der Waals surface area contributed by atoms with E-state index in [9.17, 15) is 18.0 Å². The van der Waals surface area contributed by atoms with Gasteiger partial charge in [0.15, 0.2) is 17.2 Å². The molecule has 6 rings (SSSR count). The van der Waals surface area contributed by atoms with Gasteiger partial charge in [0.2, 0.25) is 0 Å². The standard InChI is InChI=1S/C29H23F3N4O5/c1-15(26-34-29(37)41-35-26)25-19-7-5-16(10-17(19)13-39-24-12-18(30)6-8-20(24)25)11-22-21(14-38-2)33-27-23(40-28(31)32)4-3-9-36(22)27/h3-10,12,28H,11,13-14H2,1-2H3,(H,34,35,37). The van der Waals surface area contributed by atoms with E-state index in [1.54, 1.807) is 29.7 Å². The molecular weight excluding hydrogens is 541 g/mol. The monoisotopic (exact) mass is 564 g/mol. The van der Waals surface area contributed by atoms with E-state index >= 15 is 0 Å². The van der Waals surface area contributed by atoms with Gasteiger partial charge in [0, 0.05) is 36.9 Å². The van der Waals surface area contributed by atoms with Gasteiger partial charge in [0.1, 0.15) is 18.2 Å². The Hall–Kier alpha value is -4.84. The Labute approximate surface area is 230 Å². The van der Waals surface area contributed by atoms with Crippen molar-refractivity contribution in [1.82, 2.24) is 19.5 Å². The summed E-state index contributed by atoms with van der Waals surface area (Å²) in [6, 6.07) is 13.2. The largest absolute Gasteiger partial charge is 0.488 e. The number of hydrogen-bond donors (Lipinski definition) is 1. The summed E-state index contributed by atoms with van der Waals surface area (Å²) < 4.78 is 62.7. The summed E-state index contributed by atoms with van der Waals surface area (Å²) in [5.74, 6) is -0.590. The molecule has 41 heavy (non-hydrogen) atoms. The highest BCUT2D eigenvalue weighted by Crippen LogP contribution is 2.41. The minimum atomic E-state index is -2.99. The Morgan fingerprint density at radius 3 is 2.76 bits per heavy atom. The summed E-state index contributed by atoms with van der Waals surface area (Å²) in [6.07, 6.45) is 2.12. The molecule has 0 unspecified atom stereocenters. The molecule has 5 aromatic rings. The number of hydrogen-bond acceptors (Lipinski definition) is 7. The molecule has 9 nitrogen and oxygen atoms in total. The van der Waals surface area contributed by atoms with E-state index in [0.29, 0.717) is 34.6 Å². The second-order valence-electron chi connectivity index (χ2n) is 9.42. The maximum atomic E-state index is 14.2. The molecule has 2 aromatic carbocycles. The first-order valence-corrected chi connectivity index (χ1v) is 12.6. The molecule has 0 radical (unpaired) electrons. The molecule has 0 saturated heterocycles. The van der Waals surface area contributed by atoms with Crippen LogP contribution in [-0.4, -0.2) is 33.2 Å². The fraction of sp³-hybridized carbons (Fsp3) is 0.207. The number of pyridine rings is 1. The molecule has 0 aliphatic carbocycles. The molecule has 1 N–H and O–H groups in total. The van der Waals surface area contributed by atoms with Crippen molar-refractivity contribution in [3.05, 3.63) is 111 Å². The summed E-state index contributed by atoms with van der Waals surface area (Å²) in [6.45, 7) is -0.887. The van der Waals surface area contributed by atoms with E-state index in [1.165, 1.54) is 25.3 Å². The van der Waals surface area contributed by atoms with Crippen molar-refractivity contribution in [2.24, 2.45) is 0 Å². The molecule has 0 atom stereocenters. The van der Waals surface area contributed by atoms with E-state index < -0.39 is 18.2 Å². The number of allylic oxidation sites excluding steroid dienone is 1. The van der Waals surface area contributed by atoms with Gasteiger partial charge in [0.25, 0.3) is 0 Å². The normalized spacial score (nSPS) is 14.0. The first kappa shape index (κ1) is 26.4. The molecular formula is C29H23F3N4O5. The molecule has 12 heteroatoms. The Bertz CT molecular complexity index is 1860. The number of H-pyrrole nitrogens is 1. The van der Waals surface area contributed by atoms with Crippen LogP contribution in [0.5, 0.6) is 11.5 Å². The molecule has 0 saturated carbocycles. The first-order valence-electron chi connectivity index (χ1n) is 12.6. The van der Waals surface area contributed by atoms with Crippen LogP contribution < -0.4 is 15.2 Å². The Morgan fingerprint density at radius 1 is 1.17 bits per heavy atom. The third-order valence-corrected chi connectivity index (χ3v) is 6.87. The molecule has 1 aliphatic rings. The number of aromatic nitrogens is 4. The minimum absolute atomic E-state index is 0.0393. The quantitative estimate of drug-likeness (QED) is 0.284. The maximum absolute atomic E-state index is 14.2. The van der Waals surface area contributed by atoms with Crippen LogP contribution in [0, 0.1) is 5.82 Å². The van der Waals surface area contributed by atoms with E-state index in [2.05, 4.69) is 19.9 Å². The van der Waals surface area contributed by atoms with Crippen molar-refractivity contribution in [1.29, 1.82) is 0 Å². The van der Waals surface area contributed by atoms with Crippen molar-refractivity contribution in [2.45, 2.75) is 33.2 Å². The van der Waals surface area contributed by atoms with Crippen molar-refractivity contribution in [3.63, 3.8) is 0 Å². The number of nitrogens with one attached hydrogen (secondary N) is 1. The second kappa shape index (κ2) is 10.6. The Morgan fingerprint density at radius 2 is 2.00 bits per heavy atom. The summed E-state index contributed by atoms with van der Waals surface area (Å²) in [4.78, 5) is 18.8. The van der Waals surface area contributed by atoms with Crippen LogP contribution in [0.3, 0.4) is 0 Å². The maximum Gasteiger partial charge on any atom is 0.439 e. The summed E-state index contributed by atoms with van der Waals surface area (Å²) in [7, 11) is 1.53. The summed E-state index contributed by atoms with van der Waals surface area (Å²) >= 11 is 0. The van der Waals surface area contributed by atoms with Gasteiger partial charge in [-0.15, -0.1) is 0 Å². The van der Waals surface area contributed by atoms with Crippen LogP contribution in [0.4, 0.5) is 13.2 Å². The number of fused-ring (bicyclic) bond motifs is 3. The Kier molecular flexibility index (Phi) is 6.83. The van der Waals surface area contributed by atoms with Gasteiger partial charge in [-0.25, -0.2) is 14.2 Å². The Balaban J connectivity index is 1.46. The van der Waals surface area contributed by atoms with E-state index in [4.69, 9.17) is 14.0 Å². The number of methoxy groups -OCH3 is 1. The number of ether oxygens (including phenoxy) is 3. The molecule has 3 aromatic heterocycles. The lowest BCUT2D eigenvalue weighted by Crippen LogP contribution is -2.05. The molecule has 0 amide bonds. The highest BCUT2D eigenvalue weighted by Gasteiger charge is 2.25. The van der Waals surface area contributed by atoms with Gasteiger partial charge >= 0.3 is 12.4 Å². The van der Waals surface area contributed by atoms with Crippen molar-refractivity contribution < 1.29 is 31.9 Å². The third-order valence-electron chi connectivity index (χ3n) is 6.87. The van der Waals surface area contributed by atoms with Gasteiger partial charge in [0.05, 0.1) is 18.0 Å². The number of halogens is 3. The predicted molar refractivity (Wildman–Crippen MR) is 141 cm³/mol. The van der Waals surface area contributed by atoms with Crippen LogP contribution >= 0.6 is 0 Å². The summed E-state index contributed by atoms with van der Waals surface area (Å²) in [5.41, 5.74) is 6.03. The minimum Gasteiger partial charge on any atom is -0.488 e. The van der Waals surface area contributed by atoms with Gasteiger partial charge in [-0.05, 0) is 53.5 Å². The second-order valence-corrected chi connectivity index (χ2v) is 9.42. The highest BCUT2D eigenvalue weighted by atomic mass is 19.3. The average molecular weight is 565 g/mol. The number of imidazole rings is 1. The average Bonchev–Trinajstić information content (AvgIpc) is 3.48. The topological polar surface area (TPSA) is 104 Å². The van der Waals surface area contributed by atoms with Gasteiger partial charge in [-0.3, -0.25) is 9.51 Å². The number of nitrogens with zero attached hydrogens (tertiary/aromatic N) is 3. The van der Waals surface area contributed by atoms with Crippen molar-refractivity contribution >= 4 is 16.8 Å². The number of aromatic amines is 1. The van der Waals surface area contributed by atoms with Crippen LogP contribution in [0.25, 0.3) is 16.8 Å². The first-order chi connectivity index (χ1) is 19.8. The lowest BCUT2D eigenvalue weighted by atomic mass is 9.89. The SMILES string of the molecule is COCc1nc2c(OC(F)F)cccn2c1Cc1ccc2c(c1)COc1cc(F)ccc1C2=C(C)c1noc(=O)[nH]1. The van der Waals surface area contributed by atoms with E-state index in [0.717, 1.165) is 22.4 Å². The number of rotatable bonds is 7. The lowest BCUT2D eigenvalue weighted by molar-refractivity contribution is -0.0491. The van der Waals surface area contributed by atoms with Crippen LogP contribution in [0.1, 0.15) is 46.4 Å². The van der Waals surface area contributed by atoms with Crippen LogP contribution in [0.2, 0.25) is 0 Å². The third kappa shape index (κ3) is 4.97. The number of benzene rings is 2. The predicted octanol–water partition coefficient (Wildman–Crippen LogP) is 5.36. The smallest absolute Gasteiger partial charge is 0.439 e. The zero-order valence-corrected chi connectivity index (χ0v) is 21.9. The molecule has 210 valence electrons. The fourth-order valence-electron chi connectivity index (χ4n) is 5.12. The van der Waals surface area contributed by atoms with Crippen LogP contribution in [-0.2, 0) is 24.4 Å². The molecule has 0 spiro atoms.